The molecule has 46 heavy (non-hydrogen) atoms. The molecule has 3 aliphatic carbocycles. The van der Waals surface area contributed by atoms with E-state index in [0.29, 0.717) is 29.6 Å². The average Bonchev–Trinajstić information content (AvgIpc) is 3.54. The third kappa shape index (κ3) is 7.99. The maximum absolute atomic E-state index is 15.6. The Morgan fingerprint density at radius 2 is 1.52 bits per heavy atom. The quantitative estimate of drug-likeness (QED) is 0.217. The highest BCUT2D eigenvalue weighted by atomic mass is 19.1. The topological polar surface area (TPSA) is 125 Å². The molecule has 0 spiro atoms. The van der Waals surface area contributed by atoms with Gasteiger partial charge in [0, 0.05) is 12.7 Å². The van der Waals surface area contributed by atoms with Gasteiger partial charge < -0.3 is 21.1 Å². The van der Waals surface area contributed by atoms with Crippen molar-refractivity contribution < 1.29 is 23.9 Å². The first-order chi connectivity index (χ1) is 22.3. The van der Waals surface area contributed by atoms with Gasteiger partial charge in [0.15, 0.2) is 0 Å². The largest absolute Gasteiger partial charge is 0.394 e. The van der Waals surface area contributed by atoms with Crippen molar-refractivity contribution in [3.8, 4) is 0 Å². The first kappa shape index (κ1) is 34.1. The highest BCUT2D eigenvalue weighted by Gasteiger charge is 2.41. The van der Waals surface area contributed by atoms with E-state index < -0.39 is 23.7 Å². The highest BCUT2D eigenvalue weighted by molar-refractivity contribution is 6.01. The molecule has 1 aromatic heterocycles. The van der Waals surface area contributed by atoms with Gasteiger partial charge in [-0.3, -0.25) is 19.1 Å². The van der Waals surface area contributed by atoms with E-state index in [1.165, 1.54) is 25.0 Å². The molecular formula is C36H52FN5O4. The number of rotatable bonds is 13. The molecule has 9 nitrogen and oxygen atoms in total. The maximum atomic E-state index is 15.6. The summed E-state index contributed by atoms with van der Waals surface area (Å²) in [6.45, 7) is 4.03. The summed E-state index contributed by atoms with van der Waals surface area (Å²) in [6, 6.07) is 5.00. The Morgan fingerprint density at radius 1 is 0.891 bits per heavy atom. The van der Waals surface area contributed by atoms with Crippen molar-refractivity contribution in [2.24, 2.45) is 23.7 Å². The minimum absolute atomic E-state index is 0.0212. The SMILES string of the molecule is CCn1nccc1C(=O)NC(C(=O)Nc1ccc(C(C)C(=O)NC(CO)C2CCC2)cc1F)C(C1CCCCC1)C1CCCCC1. The number of nitrogens with zero attached hydrogens (tertiary/aromatic N) is 2. The maximum Gasteiger partial charge on any atom is 0.270 e. The van der Waals surface area contributed by atoms with E-state index in [1.54, 1.807) is 29.9 Å². The fourth-order valence-corrected chi connectivity index (χ4v) is 8.02. The lowest BCUT2D eigenvalue weighted by Gasteiger charge is -2.42. The molecule has 0 saturated heterocycles. The van der Waals surface area contributed by atoms with Gasteiger partial charge in [-0.05, 0) is 74.1 Å². The fraction of sp³-hybridized carbons (Fsp3) is 0.667. The molecule has 0 aliphatic heterocycles. The number of benzene rings is 1. The molecule has 0 radical (unpaired) electrons. The molecule has 1 aromatic carbocycles. The predicted molar refractivity (Wildman–Crippen MR) is 176 cm³/mol. The van der Waals surface area contributed by atoms with Gasteiger partial charge in [-0.25, -0.2) is 4.39 Å². The Kier molecular flexibility index (Phi) is 11.9. The van der Waals surface area contributed by atoms with Gasteiger partial charge in [-0.1, -0.05) is 76.7 Å². The Balaban J connectivity index is 1.37. The lowest BCUT2D eigenvalue weighted by atomic mass is 9.66. The summed E-state index contributed by atoms with van der Waals surface area (Å²) in [7, 11) is 0. The molecule has 3 unspecified atom stereocenters. The van der Waals surface area contributed by atoms with Crippen LogP contribution in [0.5, 0.6) is 0 Å². The number of hydrogen-bond acceptors (Lipinski definition) is 5. The van der Waals surface area contributed by atoms with Crippen LogP contribution in [0, 0.1) is 29.5 Å². The van der Waals surface area contributed by atoms with E-state index in [0.717, 1.165) is 70.6 Å². The zero-order valence-corrected chi connectivity index (χ0v) is 27.5. The van der Waals surface area contributed by atoms with Gasteiger partial charge in [0.25, 0.3) is 5.91 Å². The van der Waals surface area contributed by atoms with Crippen LogP contribution in [0.4, 0.5) is 10.1 Å². The van der Waals surface area contributed by atoms with E-state index in [2.05, 4.69) is 21.0 Å². The van der Waals surface area contributed by atoms with Crippen LogP contribution in [0.15, 0.2) is 30.5 Å². The van der Waals surface area contributed by atoms with Gasteiger partial charge in [0.05, 0.1) is 24.3 Å². The second-order valence-electron chi connectivity index (χ2n) is 13.8. The van der Waals surface area contributed by atoms with Crippen LogP contribution in [-0.4, -0.2) is 51.3 Å². The number of amides is 3. The van der Waals surface area contributed by atoms with Crippen molar-refractivity contribution in [3.05, 3.63) is 47.5 Å². The molecule has 2 aromatic rings. The van der Waals surface area contributed by atoms with Crippen molar-refractivity contribution in [2.45, 2.75) is 122 Å². The van der Waals surface area contributed by atoms with E-state index in [-0.39, 0.29) is 42.0 Å². The van der Waals surface area contributed by atoms with E-state index >= 15 is 4.39 Å². The van der Waals surface area contributed by atoms with Gasteiger partial charge in [-0.15, -0.1) is 0 Å². The lowest BCUT2D eigenvalue weighted by molar-refractivity contribution is -0.124. The van der Waals surface area contributed by atoms with Crippen LogP contribution in [0.3, 0.4) is 0 Å². The fourth-order valence-electron chi connectivity index (χ4n) is 8.02. The Morgan fingerprint density at radius 3 is 2.07 bits per heavy atom. The van der Waals surface area contributed by atoms with Crippen molar-refractivity contribution in [1.82, 2.24) is 20.4 Å². The molecule has 5 rings (SSSR count). The van der Waals surface area contributed by atoms with Crippen LogP contribution in [0.25, 0.3) is 0 Å². The molecule has 3 atom stereocenters. The van der Waals surface area contributed by atoms with Gasteiger partial charge in [-0.2, -0.15) is 5.10 Å². The number of anilines is 1. The van der Waals surface area contributed by atoms with Crippen LogP contribution < -0.4 is 16.0 Å². The Hall–Kier alpha value is -3.27. The molecule has 10 heteroatoms. The van der Waals surface area contributed by atoms with E-state index in [4.69, 9.17) is 0 Å². The third-order valence-corrected chi connectivity index (χ3v) is 11.0. The Labute approximate surface area is 272 Å². The van der Waals surface area contributed by atoms with E-state index in [9.17, 15) is 19.5 Å². The van der Waals surface area contributed by atoms with Gasteiger partial charge in [0.2, 0.25) is 11.8 Å². The zero-order chi connectivity index (χ0) is 32.6. The van der Waals surface area contributed by atoms with Crippen LogP contribution in [-0.2, 0) is 16.1 Å². The second kappa shape index (κ2) is 16.0. The minimum atomic E-state index is -0.829. The van der Waals surface area contributed by atoms with Crippen LogP contribution in [0.1, 0.15) is 119 Å². The number of aliphatic hydroxyl groups excluding tert-OH is 1. The van der Waals surface area contributed by atoms with Crippen molar-refractivity contribution in [2.75, 3.05) is 11.9 Å². The summed E-state index contributed by atoms with van der Waals surface area (Å²) >= 11 is 0. The summed E-state index contributed by atoms with van der Waals surface area (Å²) in [5, 5.41) is 22.9. The van der Waals surface area contributed by atoms with Crippen molar-refractivity contribution in [1.29, 1.82) is 0 Å². The van der Waals surface area contributed by atoms with Crippen molar-refractivity contribution in [3.63, 3.8) is 0 Å². The average molecular weight is 638 g/mol. The molecule has 0 bridgehead atoms. The zero-order valence-electron chi connectivity index (χ0n) is 27.5. The highest BCUT2D eigenvalue weighted by Crippen LogP contribution is 2.42. The van der Waals surface area contributed by atoms with Gasteiger partial charge >= 0.3 is 0 Å². The predicted octanol–water partition coefficient (Wildman–Crippen LogP) is 5.94. The molecule has 3 fully saturated rings. The number of hydrogen-bond donors (Lipinski definition) is 4. The summed E-state index contributed by atoms with van der Waals surface area (Å²) in [5.41, 5.74) is 0.904. The number of aryl methyl sites for hydroxylation is 1. The number of nitrogens with one attached hydrogen (secondary N) is 3. The van der Waals surface area contributed by atoms with Crippen LogP contribution >= 0.6 is 0 Å². The standard InChI is InChI=1S/C36H52FN5O4/c1-3-42-31(19-20-38-42)35(45)41-33(32(25-11-6-4-7-12-25)26-13-8-5-9-14-26)36(46)39-29-18-17-27(21-28(29)37)23(2)34(44)40-30(22-43)24-15-10-16-24/h17-21,23-26,30,32-33,43H,3-16,22H2,1-2H3,(H,39,46)(H,40,44)(H,41,45). The van der Waals surface area contributed by atoms with Crippen molar-refractivity contribution >= 4 is 23.4 Å². The molecular weight excluding hydrogens is 585 g/mol. The lowest BCUT2D eigenvalue weighted by Crippen LogP contribution is -2.53. The first-order valence-electron chi connectivity index (χ1n) is 17.6. The molecule has 4 N–H and O–H groups in total. The van der Waals surface area contributed by atoms with E-state index in [1.807, 2.05) is 6.92 Å². The molecule has 1 heterocycles. The summed E-state index contributed by atoms with van der Waals surface area (Å²) < 4.78 is 17.2. The van der Waals surface area contributed by atoms with Gasteiger partial charge in [0.1, 0.15) is 17.6 Å². The first-order valence-corrected chi connectivity index (χ1v) is 17.6. The summed E-state index contributed by atoms with van der Waals surface area (Å²) in [4.78, 5) is 40.9. The monoisotopic (exact) mass is 637 g/mol. The van der Waals surface area contributed by atoms with Crippen LogP contribution in [0.2, 0.25) is 0 Å². The molecule has 3 aliphatic rings. The summed E-state index contributed by atoms with van der Waals surface area (Å²) in [6.07, 6.45) is 15.5. The summed E-state index contributed by atoms with van der Waals surface area (Å²) in [5.74, 6) is -1.47. The second-order valence-corrected chi connectivity index (χ2v) is 13.8. The number of aromatic nitrogens is 2. The molecule has 252 valence electrons. The molecule has 3 amide bonds. The smallest absolute Gasteiger partial charge is 0.270 e. The number of halogens is 1. The minimum Gasteiger partial charge on any atom is -0.394 e. The number of carbonyl (C=O) groups is 3. The number of aliphatic hydroxyl groups is 1. The number of carbonyl (C=O) groups excluding carboxylic acids is 3. The Bertz CT molecular complexity index is 1310. The third-order valence-electron chi connectivity index (χ3n) is 11.0. The normalized spacial score (nSPS) is 20.0. The molecule has 3 saturated carbocycles.